The van der Waals surface area contributed by atoms with Crippen LogP contribution in [0.25, 0.3) is 6.08 Å². The summed E-state index contributed by atoms with van der Waals surface area (Å²) in [4.78, 5) is 49.2. The van der Waals surface area contributed by atoms with Crippen LogP contribution in [-0.4, -0.2) is 61.4 Å². The van der Waals surface area contributed by atoms with Crippen molar-refractivity contribution in [3.8, 4) is 0 Å². The molecule has 1 fully saturated rings. The summed E-state index contributed by atoms with van der Waals surface area (Å²) in [6.45, 7) is 0. The highest BCUT2D eigenvalue weighted by atomic mass is 32.2. The molecule has 12 heteroatoms. The maximum Gasteiger partial charge on any atom is 0.333 e. The molecule has 28 heavy (non-hydrogen) atoms. The molecule has 11 nitrogen and oxygen atoms in total. The Bertz CT molecular complexity index is 1020. The van der Waals surface area contributed by atoms with E-state index in [2.05, 4.69) is 10.2 Å². The lowest BCUT2D eigenvalue weighted by Gasteiger charge is -2.28. The molecule has 0 unspecified atom stereocenters. The van der Waals surface area contributed by atoms with E-state index in [4.69, 9.17) is 0 Å². The van der Waals surface area contributed by atoms with E-state index in [9.17, 15) is 24.5 Å². The number of urea groups is 1. The number of carbonyl (C=O) groups excluding carboxylic acids is 3. The van der Waals surface area contributed by atoms with Gasteiger partial charge in [-0.3, -0.25) is 29.5 Å². The lowest BCUT2D eigenvalue weighted by atomic mass is 10.1. The van der Waals surface area contributed by atoms with E-state index >= 15 is 0 Å². The van der Waals surface area contributed by atoms with Crippen LogP contribution in [0.15, 0.2) is 40.2 Å². The number of barbiturate groups is 1. The van der Waals surface area contributed by atoms with Crippen molar-refractivity contribution in [2.24, 2.45) is 7.05 Å². The molecule has 1 aliphatic heterocycles. The van der Waals surface area contributed by atoms with E-state index in [1.165, 1.54) is 44.7 Å². The Morgan fingerprint density at radius 2 is 1.75 bits per heavy atom. The van der Waals surface area contributed by atoms with Crippen LogP contribution in [0.4, 0.5) is 10.5 Å². The molecule has 0 bridgehead atoms. The maximum atomic E-state index is 12.3. The van der Waals surface area contributed by atoms with Crippen molar-refractivity contribution in [1.82, 2.24) is 24.6 Å². The first kappa shape index (κ1) is 19.2. The number of likely N-dealkylation sites (N-methyl/N-ethyl adjacent to an activating group) is 2. The van der Waals surface area contributed by atoms with Gasteiger partial charge in [0.05, 0.1) is 9.82 Å². The third kappa shape index (κ3) is 3.36. The molecular weight excluding hydrogens is 388 g/mol. The fraction of sp³-hybridized carbons (Fsp3) is 0.188. The number of hydrogen-bond donors (Lipinski definition) is 0. The second-order valence-corrected chi connectivity index (χ2v) is 6.89. The van der Waals surface area contributed by atoms with Crippen molar-refractivity contribution in [1.29, 1.82) is 0 Å². The first-order chi connectivity index (χ1) is 13.2. The molecule has 144 valence electrons. The number of aromatic nitrogens is 3. The Morgan fingerprint density at radius 3 is 2.29 bits per heavy atom. The second-order valence-electron chi connectivity index (χ2n) is 5.88. The number of amides is 4. The van der Waals surface area contributed by atoms with Crippen molar-refractivity contribution < 1.29 is 19.3 Å². The number of nitrogens with zero attached hydrogens (tertiary/aromatic N) is 6. The highest BCUT2D eigenvalue weighted by molar-refractivity contribution is 7.99. The predicted molar refractivity (Wildman–Crippen MR) is 97.1 cm³/mol. The van der Waals surface area contributed by atoms with Gasteiger partial charge in [0, 0.05) is 27.2 Å². The van der Waals surface area contributed by atoms with Crippen molar-refractivity contribution in [3.05, 3.63) is 45.8 Å². The fourth-order valence-electron chi connectivity index (χ4n) is 2.46. The zero-order valence-corrected chi connectivity index (χ0v) is 15.8. The molecule has 3 rings (SSSR count). The minimum atomic E-state index is -0.770. The first-order valence-electron chi connectivity index (χ1n) is 7.82. The van der Waals surface area contributed by atoms with Crippen molar-refractivity contribution in [2.75, 3.05) is 14.1 Å². The van der Waals surface area contributed by atoms with Crippen LogP contribution in [-0.2, 0) is 16.6 Å². The molecular formula is C16H14N6O5S. The van der Waals surface area contributed by atoms with Crippen LogP contribution < -0.4 is 0 Å². The monoisotopic (exact) mass is 402 g/mol. The van der Waals surface area contributed by atoms with Gasteiger partial charge in [0.15, 0.2) is 5.16 Å². The van der Waals surface area contributed by atoms with Gasteiger partial charge in [0.25, 0.3) is 17.5 Å². The maximum absolute atomic E-state index is 12.3. The van der Waals surface area contributed by atoms with E-state index in [1.54, 1.807) is 11.6 Å². The third-order valence-electron chi connectivity index (χ3n) is 4.01. The minimum Gasteiger partial charge on any atom is -0.311 e. The number of benzene rings is 1. The van der Waals surface area contributed by atoms with Crippen LogP contribution in [0.3, 0.4) is 0 Å². The highest BCUT2D eigenvalue weighted by Crippen LogP contribution is 2.34. The Balaban J connectivity index is 2.00. The summed E-state index contributed by atoms with van der Waals surface area (Å²) < 4.78 is 1.62. The number of aryl methyl sites for hydroxylation is 1. The molecule has 1 aromatic carbocycles. The van der Waals surface area contributed by atoms with Crippen LogP contribution in [0.1, 0.15) is 5.56 Å². The Labute approximate surface area is 162 Å². The van der Waals surface area contributed by atoms with Crippen molar-refractivity contribution in [3.63, 3.8) is 0 Å². The van der Waals surface area contributed by atoms with Crippen molar-refractivity contribution in [2.45, 2.75) is 10.1 Å². The molecule has 0 spiro atoms. The average Bonchev–Trinajstić information content (AvgIpc) is 3.07. The largest absolute Gasteiger partial charge is 0.333 e. The molecule has 2 aromatic rings. The zero-order valence-electron chi connectivity index (χ0n) is 15.0. The van der Waals surface area contributed by atoms with Gasteiger partial charge in [0.2, 0.25) is 0 Å². The van der Waals surface area contributed by atoms with Gasteiger partial charge >= 0.3 is 6.03 Å². The first-order valence-corrected chi connectivity index (χ1v) is 8.64. The zero-order chi connectivity index (χ0) is 20.6. The standard InChI is InChI=1S/C16H14N6O5S/c1-19-8-17-18-15(19)28-12-5-4-9(7-11(12)22(26)27)6-10-13(23)20(2)16(25)21(3)14(10)24/h4-8H,1-3H3. The minimum absolute atomic E-state index is 0.212. The molecule has 4 amide bonds. The van der Waals surface area contributed by atoms with Crippen LogP contribution in [0.2, 0.25) is 0 Å². The van der Waals surface area contributed by atoms with Gasteiger partial charge in [-0.1, -0.05) is 6.07 Å². The van der Waals surface area contributed by atoms with E-state index in [0.29, 0.717) is 10.1 Å². The summed E-state index contributed by atoms with van der Waals surface area (Å²) >= 11 is 1.06. The molecule has 1 aromatic heterocycles. The molecule has 2 heterocycles. The molecule has 1 aliphatic rings. The van der Waals surface area contributed by atoms with E-state index in [-0.39, 0.29) is 16.8 Å². The second kappa shape index (κ2) is 7.23. The fourth-order valence-corrected chi connectivity index (χ4v) is 3.31. The van der Waals surface area contributed by atoms with Gasteiger partial charge in [-0.05, 0) is 29.5 Å². The van der Waals surface area contributed by atoms with Crippen LogP contribution in [0.5, 0.6) is 0 Å². The number of hydrogen-bond acceptors (Lipinski definition) is 8. The summed E-state index contributed by atoms with van der Waals surface area (Å²) in [5.41, 5.74) is -0.190. The average molecular weight is 402 g/mol. The van der Waals surface area contributed by atoms with Gasteiger partial charge in [-0.2, -0.15) is 0 Å². The highest BCUT2D eigenvalue weighted by Gasteiger charge is 2.37. The lowest BCUT2D eigenvalue weighted by Crippen LogP contribution is -2.52. The quantitative estimate of drug-likeness (QED) is 0.324. The molecule has 0 radical (unpaired) electrons. The Kier molecular flexibility index (Phi) is 4.96. The van der Waals surface area contributed by atoms with Crippen LogP contribution in [0, 0.1) is 10.1 Å². The van der Waals surface area contributed by atoms with Crippen LogP contribution >= 0.6 is 11.8 Å². The molecule has 1 saturated heterocycles. The normalized spacial score (nSPS) is 14.7. The van der Waals surface area contributed by atoms with E-state index in [0.717, 1.165) is 21.6 Å². The van der Waals surface area contributed by atoms with Gasteiger partial charge in [0.1, 0.15) is 11.9 Å². The number of imide groups is 2. The number of carbonyl (C=O) groups is 3. The summed E-state index contributed by atoms with van der Waals surface area (Å²) in [6, 6.07) is 3.55. The smallest absolute Gasteiger partial charge is 0.311 e. The number of nitro groups is 1. The molecule has 0 atom stereocenters. The predicted octanol–water partition coefficient (Wildman–Crippen LogP) is 1.31. The summed E-state index contributed by atoms with van der Waals surface area (Å²) in [5, 5.41) is 19.6. The molecule has 0 N–H and O–H groups in total. The summed E-state index contributed by atoms with van der Waals surface area (Å²) in [7, 11) is 4.22. The number of nitro benzene ring substituents is 1. The van der Waals surface area contributed by atoms with Gasteiger partial charge in [-0.15, -0.1) is 10.2 Å². The third-order valence-corrected chi connectivity index (χ3v) is 5.12. The van der Waals surface area contributed by atoms with Gasteiger partial charge in [-0.25, -0.2) is 4.79 Å². The topological polar surface area (TPSA) is 132 Å². The lowest BCUT2D eigenvalue weighted by molar-refractivity contribution is -0.387. The molecule has 0 aliphatic carbocycles. The summed E-state index contributed by atoms with van der Waals surface area (Å²) in [6.07, 6.45) is 2.70. The van der Waals surface area contributed by atoms with E-state index < -0.39 is 22.8 Å². The van der Waals surface area contributed by atoms with E-state index in [1.807, 2.05) is 0 Å². The number of rotatable bonds is 4. The SMILES string of the molecule is CN1C(=O)C(=Cc2ccc(Sc3nncn3C)c([N+](=O)[O-])c2)C(=O)N(C)C1=O. The van der Waals surface area contributed by atoms with Gasteiger partial charge < -0.3 is 4.57 Å². The Morgan fingerprint density at radius 1 is 1.11 bits per heavy atom. The summed E-state index contributed by atoms with van der Waals surface area (Å²) in [5.74, 6) is -1.54. The molecule has 0 saturated carbocycles. The van der Waals surface area contributed by atoms with Crippen molar-refractivity contribution >= 4 is 41.4 Å². The Hall–Kier alpha value is -3.54.